The number of hydrogen-bond donors (Lipinski definition) is 3. The van der Waals surface area contributed by atoms with Gasteiger partial charge in [-0.2, -0.15) is 13.2 Å². The van der Waals surface area contributed by atoms with Crippen LogP contribution in [0, 0.1) is 5.92 Å². The number of carboxylic acid groups (broad SMARTS) is 1. The Hall–Kier alpha value is -0.803. The van der Waals surface area contributed by atoms with Crippen molar-refractivity contribution in [2.24, 2.45) is 5.92 Å². The summed E-state index contributed by atoms with van der Waals surface area (Å²) in [6.07, 6.45) is -7.00. The highest BCUT2D eigenvalue weighted by molar-refractivity contribution is 6.74. The molecule has 0 bridgehead atoms. The molecule has 0 radical (unpaired) electrons. The first-order chi connectivity index (χ1) is 9.75. The van der Waals surface area contributed by atoms with Gasteiger partial charge < -0.3 is 20.2 Å². The summed E-state index contributed by atoms with van der Waals surface area (Å²) >= 11 is 0. The Morgan fingerprint density at radius 3 is 2.23 bits per heavy atom. The van der Waals surface area contributed by atoms with Crippen LogP contribution in [0.2, 0.25) is 18.1 Å². The average molecular weight is 342 g/mol. The third-order valence-corrected chi connectivity index (χ3v) is 8.96. The van der Waals surface area contributed by atoms with Gasteiger partial charge in [-0.25, -0.2) is 4.79 Å². The van der Waals surface area contributed by atoms with Crippen molar-refractivity contribution in [3.63, 3.8) is 0 Å². The van der Waals surface area contributed by atoms with Gasteiger partial charge in [-0.15, -0.1) is 0 Å². The Morgan fingerprint density at radius 1 is 1.27 bits per heavy atom. The monoisotopic (exact) mass is 342 g/mol. The Bertz CT molecular complexity index is 410. The molecule has 0 aromatic carbocycles. The van der Waals surface area contributed by atoms with Crippen molar-refractivity contribution in [3.8, 4) is 0 Å². The lowest BCUT2D eigenvalue weighted by atomic mass is 9.91. The van der Waals surface area contributed by atoms with Crippen LogP contribution in [0.3, 0.4) is 0 Å². The van der Waals surface area contributed by atoms with E-state index in [1.165, 1.54) is 0 Å². The van der Waals surface area contributed by atoms with Gasteiger partial charge in [-0.3, -0.25) is 0 Å². The van der Waals surface area contributed by atoms with Gasteiger partial charge in [0.15, 0.2) is 8.32 Å². The maximum Gasteiger partial charge on any atom is 0.405 e. The largest absolute Gasteiger partial charge is 0.465 e. The Balaban J connectivity index is 3.08. The van der Waals surface area contributed by atoms with Crippen molar-refractivity contribution in [3.05, 3.63) is 0 Å². The minimum Gasteiger partial charge on any atom is -0.465 e. The number of rotatable bonds is 3. The zero-order valence-corrected chi connectivity index (χ0v) is 14.5. The summed E-state index contributed by atoms with van der Waals surface area (Å²) in [7, 11) is -2.47. The average Bonchev–Trinajstić information content (AvgIpc) is 2.27. The number of halogens is 3. The van der Waals surface area contributed by atoms with E-state index in [-0.39, 0.29) is 18.1 Å². The van der Waals surface area contributed by atoms with Crippen molar-refractivity contribution in [1.29, 1.82) is 0 Å². The third kappa shape index (κ3) is 4.59. The smallest absolute Gasteiger partial charge is 0.405 e. The van der Waals surface area contributed by atoms with E-state index in [0.29, 0.717) is 0 Å². The minimum absolute atomic E-state index is 0.123. The second kappa shape index (κ2) is 6.36. The SMILES string of the molecule is CC(C)(C)[Si](C)(C)O[C@H]1[C@H](NC(=O)O)CNC[C@@H]1C(F)(F)F. The van der Waals surface area contributed by atoms with Gasteiger partial charge in [-0.1, -0.05) is 20.8 Å². The van der Waals surface area contributed by atoms with Crippen molar-refractivity contribution in [2.75, 3.05) is 13.1 Å². The fraction of sp³-hybridized carbons (Fsp3) is 0.923. The quantitative estimate of drug-likeness (QED) is 0.690. The second-order valence-corrected chi connectivity index (χ2v) is 12.0. The van der Waals surface area contributed by atoms with Crippen LogP contribution in [0.1, 0.15) is 20.8 Å². The molecule has 0 aliphatic carbocycles. The number of amides is 1. The molecular formula is C13H25F3N2O3Si. The van der Waals surface area contributed by atoms with Gasteiger partial charge >= 0.3 is 12.3 Å². The summed E-state index contributed by atoms with van der Waals surface area (Å²) in [5, 5.41) is 13.4. The summed E-state index contributed by atoms with van der Waals surface area (Å²) < 4.78 is 45.8. The van der Waals surface area contributed by atoms with E-state index in [1.807, 2.05) is 33.9 Å². The molecule has 0 aromatic rings. The highest BCUT2D eigenvalue weighted by Crippen LogP contribution is 2.41. The molecule has 22 heavy (non-hydrogen) atoms. The highest BCUT2D eigenvalue weighted by Gasteiger charge is 2.53. The minimum atomic E-state index is -4.45. The molecule has 0 aromatic heterocycles. The summed E-state index contributed by atoms with van der Waals surface area (Å²) in [4.78, 5) is 10.9. The Morgan fingerprint density at radius 2 is 1.82 bits per heavy atom. The molecule has 1 amide bonds. The van der Waals surface area contributed by atoms with E-state index < -0.39 is 38.7 Å². The zero-order chi connectivity index (χ0) is 17.3. The predicted molar refractivity (Wildman–Crippen MR) is 79.4 cm³/mol. The first kappa shape index (κ1) is 19.2. The lowest BCUT2D eigenvalue weighted by Gasteiger charge is -2.46. The molecular weight excluding hydrogens is 317 g/mol. The molecule has 0 spiro atoms. The van der Waals surface area contributed by atoms with Gasteiger partial charge in [-0.05, 0) is 18.1 Å². The first-order valence-electron chi connectivity index (χ1n) is 7.20. The molecule has 1 aliphatic rings. The standard InChI is InChI=1S/C13H25F3N2O3Si/c1-12(2,3)22(4,5)21-10-8(13(14,15)16)6-17-7-9(10)18-11(19)20/h8-10,17-18H,6-7H2,1-5H3,(H,19,20)/t8-,9+,10+/m0/s1. The van der Waals surface area contributed by atoms with E-state index in [0.717, 1.165) is 0 Å². The number of alkyl halides is 3. The van der Waals surface area contributed by atoms with Crippen LogP contribution >= 0.6 is 0 Å². The molecule has 0 unspecified atom stereocenters. The normalized spacial score (nSPS) is 27.5. The van der Waals surface area contributed by atoms with E-state index in [2.05, 4.69) is 10.6 Å². The van der Waals surface area contributed by atoms with Gasteiger partial charge in [0.25, 0.3) is 0 Å². The van der Waals surface area contributed by atoms with Gasteiger partial charge in [0.1, 0.15) is 0 Å². The van der Waals surface area contributed by atoms with Gasteiger partial charge in [0.2, 0.25) is 0 Å². The third-order valence-electron chi connectivity index (χ3n) is 4.49. The van der Waals surface area contributed by atoms with E-state index in [4.69, 9.17) is 9.53 Å². The molecule has 0 saturated carbocycles. The molecule has 5 nitrogen and oxygen atoms in total. The van der Waals surface area contributed by atoms with Crippen LogP contribution in [-0.4, -0.2) is 50.9 Å². The predicted octanol–water partition coefficient (Wildman–Crippen LogP) is 2.79. The number of nitrogens with one attached hydrogen (secondary N) is 2. The molecule has 3 atom stereocenters. The van der Waals surface area contributed by atoms with Crippen molar-refractivity contribution in [2.45, 2.75) is 57.2 Å². The molecule has 130 valence electrons. The molecule has 1 saturated heterocycles. The van der Waals surface area contributed by atoms with Gasteiger partial charge in [0.05, 0.1) is 18.1 Å². The summed E-state index contributed by atoms with van der Waals surface area (Å²) in [5.74, 6) is -1.73. The van der Waals surface area contributed by atoms with E-state index in [9.17, 15) is 18.0 Å². The fourth-order valence-electron chi connectivity index (χ4n) is 2.18. The van der Waals surface area contributed by atoms with Crippen LogP contribution in [0.5, 0.6) is 0 Å². The van der Waals surface area contributed by atoms with Crippen LogP contribution in [0.4, 0.5) is 18.0 Å². The van der Waals surface area contributed by atoms with Crippen LogP contribution in [0.25, 0.3) is 0 Å². The lowest BCUT2D eigenvalue weighted by molar-refractivity contribution is -0.204. The van der Waals surface area contributed by atoms with Crippen LogP contribution < -0.4 is 10.6 Å². The molecule has 1 fully saturated rings. The second-order valence-electron chi connectivity index (χ2n) is 7.21. The molecule has 1 heterocycles. The topological polar surface area (TPSA) is 70.6 Å². The summed E-state index contributed by atoms with van der Waals surface area (Å²) in [6.45, 7) is 9.38. The van der Waals surface area contributed by atoms with Crippen molar-refractivity contribution < 1.29 is 27.5 Å². The van der Waals surface area contributed by atoms with Gasteiger partial charge in [0, 0.05) is 13.1 Å². The van der Waals surface area contributed by atoms with Crippen LogP contribution in [0.15, 0.2) is 0 Å². The first-order valence-corrected chi connectivity index (χ1v) is 10.1. The molecule has 1 rings (SSSR count). The highest BCUT2D eigenvalue weighted by atomic mass is 28.4. The zero-order valence-electron chi connectivity index (χ0n) is 13.5. The van der Waals surface area contributed by atoms with Crippen LogP contribution in [-0.2, 0) is 4.43 Å². The molecule has 3 N–H and O–H groups in total. The number of piperidine rings is 1. The summed E-state index contributed by atoms with van der Waals surface area (Å²) in [5.41, 5.74) is 0. The fourth-order valence-corrected chi connectivity index (χ4v) is 3.54. The van der Waals surface area contributed by atoms with Crippen molar-refractivity contribution >= 4 is 14.4 Å². The lowest BCUT2D eigenvalue weighted by Crippen LogP contribution is -2.64. The number of carbonyl (C=O) groups is 1. The Kier molecular flexibility index (Phi) is 5.57. The number of hydrogen-bond acceptors (Lipinski definition) is 3. The van der Waals surface area contributed by atoms with E-state index >= 15 is 0 Å². The van der Waals surface area contributed by atoms with E-state index in [1.54, 1.807) is 0 Å². The summed E-state index contributed by atoms with van der Waals surface area (Å²) in [6, 6.07) is -0.924. The maximum absolute atomic E-state index is 13.3. The molecule has 9 heteroatoms. The van der Waals surface area contributed by atoms with Crippen molar-refractivity contribution in [1.82, 2.24) is 10.6 Å². The Labute approximate surface area is 129 Å². The maximum atomic E-state index is 13.3. The molecule has 1 aliphatic heterocycles.